The van der Waals surface area contributed by atoms with E-state index in [1.165, 1.54) is 0 Å². The molecule has 0 radical (unpaired) electrons. The maximum Gasteiger partial charge on any atom is 0.191 e. The van der Waals surface area contributed by atoms with Gasteiger partial charge < -0.3 is 14.2 Å². The number of methoxy groups -OCH3 is 2. The molecular weight excluding hydrogens is 220 g/mol. The minimum absolute atomic E-state index is 0.0382. The van der Waals surface area contributed by atoms with Gasteiger partial charge in [-0.15, -0.1) is 0 Å². The van der Waals surface area contributed by atoms with E-state index in [1.807, 2.05) is 0 Å². The van der Waals surface area contributed by atoms with Crippen molar-refractivity contribution in [2.75, 3.05) is 27.4 Å². The normalized spacial score (nSPS) is 12.2. The number of carbonyl (C=O) groups is 1. The van der Waals surface area contributed by atoms with Crippen molar-refractivity contribution in [3.05, 3.63) is 29.8 Å². The van der Waals surface area contributed by atoms with Crippen LogP contribution < -0.4 is 4.74 Å². The van der Waals surface area contributed by atoms with Crippen LogP contribution in [-0.4, -0.2) is 39.3 Å². The Morgan fingerprint density at radius 2 is 1.82 bits per heavy atom. The van der Waals surface area contributed by atoms with E-state index in [9.17, 15) is 4.79 Å². The van der Waals surface area contributed by atoms with E-state index in [2.05, 4.69) is 0 Å². The largest absolute Gasteiger partial charge is 0.497 e. The fraction of sp³-hybridized carbons (Fsp3) is 0.462. The van der Waals surface area contributed by atoms with Gasteiger partial charge in [0.05, 0.1) is 20.3 Å². The summed E-state index contributed by atoms with van der Waals surface area (Å²) in [7, 11) is 3.19. The zero-order valence-electron chi connectivity index (χ0n) is 10.4. The second-order valence-electron chi connectivity index (χ2n) is 3.60. The van der Waals surface area contributed by atoms with Crippen LogP contribution in [0.5, 0.6) is 5.75 Å². The molecule has 94 valence electrons. The van der Waals surface area contributed by atoms with Gasteiger partial charge in [0.25, 0.3) is 0 Å². The van der Waals surface area contributed by atoms with Crippen LogP contribution in [0.3, 0.4) is 0 Å². The summed E-state index contributed by atoms with van der Waals surface area (Å²) >= 11 is 0. The first-order valence-electron chi connectivity index (χ1n) is 5.48. The average molecular weight is 238 g/mol. The molecule has 0 heterocycles. The van der Waals surface area contributed by atoms with Gasteiger partial charge in [-0.25, -0.2) is 0 Å². The van der Waals surface area contributed by atoms with Gasteiger partial charge in [0, 0.05) is 12.7 Å². The predicted octanol–water partition coefficient (Wildman–Crippen LogP) is 1.93. The molecule has 0 aromatic heterocycles. The summed E-state index contributed by atoms with van der Waals surface area (Å²) in [5, 5.41) is 0. The van der Waals surface area contributed by atoms with Crippen molar-refractivity contribution in [2.24, 2.45) is 0 Å². The number of hydrogen-bond donors (Lipinski definition) is 0. The Labute approximate surface area is 101 Å². The molecular formula is C13H18O4. The fourth-order valence-electron chi connectivity index (χ4n) is 1.37. The first kappa shape index (κ1) is 13.7. The number of benzene rings is 1. The minimum Gasteiger partial charge on any atom is -0.497 e. The lowest BCUT2D eigenvalue weighted by Crippen LogP contribution is -2.22. The van der Waals surface area contributed by atoms with Crippen LogP contribution in [0.4, 0.5) is 0 Å². The molecule has 0 fully saturated rings. The summed E-state index contributed by atoms with van der Waals surface area (Å²) in [6.07, 6.45) is -0.460. The Morgan fingerprint density at radius 1 is 1.18 bits per heavy atom. The van der Waals surface area contributed by atoms with E-state index in [0.29, 0.717) is 18.8 Å². The Morgan fingerprint density at radius 3 is 2.35 bits per heavy atom. The van der Waals surface area contributed by atoms with Crippen LogP contribution in [0.1, 0.15) is 17.3 Å². The van der Waals surface area contributed by atoms with Crippen LogP contribution in [0.15, 0.2) is 24.3 Å². The molecule has 4 nitrogen and oxygen atoms in total. The van der Waals surface area contributed by atoms with E-state index in [1.54, 1.807) is 45.4 Å². The Balaban J connectivity index is 2.55. The van der Waals surface area contributed by atoms with Crippen molar-refractivity contribution < 1.29 is 19.0 Å². The van der Waals surface area contributed by atoms with E-state index in [0.717, 1.165) is 5.75 Å². The lowest BCUT2D eigenvalue weighted by molar-refractivity contribution is 0.0256. The molecule has 0 aliphatic rings. The molecule has 0 amide bonds. The highest BCUT2D eigenvalue weighted by atomic mass is 16.5. The first-order valence-corrected chi connectivity index (χ1v) is 5.48. The standard InChI is InChI=1S/C13H18O4/c1-10(17-9-8-15-2)13(14)11-4-6-12(16-3)7-5-11/h4-7,10H,8-9H2,1-3H3. The lowest BCUT2D eigenvalue weighted by atomic mass is 10.1. The van der Waals surface area contributed by atoms with Gasteiger partial charge >= 0.3 is 0 Å². The number of Topliss-reactive ketones (excluding diaryl/α,β-unsaturated/α-hetero) is 1. The third kappa shape index (κ3) is 4.17. The summed E-state index contributed by atoms with van der Waals surface area (Å²) in [5.74, 6) is 0.693. The van der Waals surface area contributed by atoms with Gasteiger partial charge in [0.2, 0.25) is 0 Å². The van der Waals surface area contributed by atoms with Crippen molar-refractivity contribution in [3.63, 3.8) is 0 Å². The van der Waals surface area contributed by atoms with Crippen molar-refractivity contribution in [1.82, 2.24) is 0 Å². The molecule has 0 saturated heterocycles. The van der Waals surface area contributed by atoms with Gasteiger partial charge in [-0.05, 0) is 31.2 Å². The first-order chi connectivity index (χ1) is 8.19. The third-order valence-corrected chi connectivity index (χ3v) is 2.40. The molecule has 17 heavy (non-hydrogen) atoms. The highest BCUT2D eigenvalue weighted by Crippen LogP contribution is 2.13. The van der Waals surface area contributed by atoms with Crippen molar-refractivity contribution >= 4 is 5.78 Å². The highest BCUT2D eigenvalue weighted by molar-refractivity contribution is 5.99. The minimum atomic E-state index is -0.460. The van der Waals surface area contributed by atoms with Crippen LogP contribution in [0.2, 0.25) is 0 Å². The topological polar surface area (TPSA) is 44.8 Å². The Kier molecular flexibility index (Phi) is 5.66. The molecule has 1 atom stereocenters. The van der Waals surface area contributed by atoms with E-state index in [-0.39, 0.29) is 5.78 Å². The fourth-order valence-corrected chi connectivity index (χ4v) is 1.37. The highest BCUT2D eigenvalue weighted by Gasteiger charge is 2.15. The van der Waals surface area contributed by atoms with Gasteiger partial charge in [-0.2, -0.15) is 0 Å². The van der Waals surface area contributed by atoms with Gasteiger partial charge in [-0.1, -0.05) is 0 Å². The number of rotatable bonds is 7. The van der Waals surface area contributed by atoms with Crippen molar-refractivity contribution in [2.45, 2.75) is 13.0 Å². The van der Waals surface area contributed by atoms with Crippen LogP contribution in [-0.2, 0) is 9.47 Å². The Hall–Kier alpha value is -1.39. The predicted molar refractivity (Wildman–Crippen MR) is 64.6 cm³/mol. The quantitative estimate of drug-likeness (QED) is 0.538. The molecule has 0 saturated carbocycles. The molecule has 0 N–H and O–H groups in total. The molecule has 1 aromatic carbocycles. The third-order valence-electron chi connectivity index (χ3n) is 2.40. The van der Waals surface area contributed by atoms with Crippen LogP contribution >= 0.6 is 0 Å². The van der Waals surface area contributed by atoms with Gasteiger partial charge in [0.15, 0.2) is 5.78 Å². The SMILES string of the molecule is COCCOC(C)C(=O)c1ccc(OC)cc1. The van der Waals surface area contributed by atoms with E-state index >= 15 is 0 Å². The molecule has 0 spiro atoms. The van der Waals surface area contributed by atoms with E-state index < -0.39 is 6.10 Å². The molecule has 0 aliphatic carbocycles. The number of ether oxygens (including phenoxy) is 3. The molecule has 1 unspecified atom stereocenters. The lowest BCUT2D eigenvalue weighted by Gasteiger charge is -2.11. The monoisotopic (exact) mass is 238 g/mol. The summed E-state index contributed by atoms with van der Waals surface area (Å²) in [5.41, 5.74) is 0.621. The number of hydrogen-bond acceptors (Lipinski definition) is 4. The molecule has 0 aliphatic heterocycles. The number of ketones is 1. The molecule has 4 heteroatoms. The van der Waals surface area contributed by atoms with Crippen LogP contribution in [0.25, 0.3) is 0 Å². The summed E-state index contributed by atoms with van der Waals surface area (Å²) in [6.45, 7) is 2.64. The van der Waals surface area contributed by atoms with Gasteiger partial charge in [-0.3, -0.25) is 4.79 Å². The maximum absolute atomic E-state index is 11.9. The zero-order valence-corrected chi connectivity index (χ0v) is 10.4. The summed E-state index contributed by atoms with van der Waals surface area (Å²) in [4.78, 5) is 11.9. The van der Waals surface area contributed by atoms with Crippen molar-refractivity contribution in [3.8, 4) is 5.75 Å². The molecule has 1 rings (SSSR count). The van der Waals surface area contributed by atoms with Crippen LogP contribution in [0, 0.1) is 0 Å². The molecule has 0 bridgehead atoms. The zero-order chi connectivity index (χ0) is 12.7. The summed E-state index contributed by atoms with van der Waals surface area (Å²) in [6, 6.07) is 6.99. The maximum atomic E-state index is 11.9. The van der Waals surface area contributed by atoms with Gasteiger partial charge in [0.1, 0.15) is 11.9 Å². The molecule has 1 aromatic rings. The average Bonchev–Trinajstić information content (AvgIpc) is 2.38. The number of carbonyl (C=O) groups excluding carboxylic acids is 1. The second-order valence-corrected chi connectivity index (χ2v) is 3.60. The second kappa shape index (κ2) is 7.04. The van der Waals surface area contributed by atoms with Crippen molar-refractivity contribution in [1.29, 1.82) is 0 Å². The Bertz CT molecular complexity index is 345. The summed E-state index contributed by atoms with van der Waals surface area (Å²) < 4.78 is 15.2. The van der Waals surface area contributed by atoms with E-state index in [4.69, 9.17) is 14.2 Å². The smallest absolute Gasteiger partial charge is 0.191 e.